The third-order valence-electron chi connectivity index (χ3n) is 5.81. The van der Waals surface area contributed by atoms with Gasteiger partial charge in [-0.2, -0.15) is 0 Å². The van der Waals surface area contributed by atoms with Gasteiger partial charge in [0.05, 0.1) is 0 Å². The van der Waals surface area contributed by atoms with Gasteiger partial charge in [0, 0.05) is 26.6 Å². The minimum atomic E-state index is -0.816. The molecule has 0 nitrogen and oxygen atoms in total. The fourth-order valence-corrected chi connectivity index (χ4v) is 4.71. The van der Waals surface area contributed by atoms with E-state index in [0.717, 1.165) is 43.1 Å². The van der Waals surface area contributed by atoms with Crippen molar-refractivity contribution in [2.24, 2.45) is 0 Å². The Kier molecular flexibility index (Phi) is 3.39. The summed E-state index contributed by atoms with van der Waals surface area (Å²) in [4.78, 5) is 0. The normalized spacial score (nSPS) is 12.0. The number of hydrogen-bond acceptors (Lipinski definition) is 0. The van der Waals surface area contributed by atoms with Crippen molar-refractivity contribution in [3.8, 4) is 0 Å². The Labute approximate surface area is 169 Å². The smallest absolute Gasteiger partial charge is 0.167 e. The number of benzene rings is 6. The summed E-state index contributed by atoms with van der Waals surface area (Å²) in [5.74, 6) is -1.63. The molecular formula is C26H13ClF2. The van der Waals surface area contributed by atoms with Crippen LogP contribution in [-0.4, -0.2) is 0 Å². The highest BCUT2D eigenvalue weighted by molar-refractivity contribution is 6.34. The van der Waals surface area contributed by atoms with Gasteiger partial charge >= 0.3 is 0 Å². The van der Waals surface area contributed by atoms with Gasteiger partial charge in [-0.05, 0) is 44.5 Å². The second-order valence-electron chi connectivity index (χ2n) is 7.35. The van der Waals surface area contributed by atoms with E-state index < -0.39 is 11.6 Å². The van der Waals surface area contributed by atoms with Gasteiger partial charge in [-0.1, -0.05) is 78.3 Å². The van der Waals surface area contributed by atoms with Crippen molar-refractivity contribution in [1.82, 2.24) is 0 Å². The zero-order chi connectivity index (χ0) is 19.7. The average Bonchev–Trinajstić information content (AvgIpc) is 2.75. The molecule has 0 atom stereocenters. The number of hydrogen-bond donors (Lipinski definition) is 0. The molecule has 0 N–H and O–H groups in total. The second-order valence-corrected chi connectivity index (χ2v) is 7.79. The Hall–Kier alpha value is -3.23. The summed E-state index contributed by atoms with van der Waals surface area (Å²) >= 11 is 6.18. The molecule has 6 rings (SSSR count). The lowest BCUT2D eigenvalue weighted by molar-refractivity contribution is 0.525. The van der Waals surface area contributed by atoms with Crippen LogP contribution in [0.2, 0.25) is 5.02 Å². The van der Waals surface area contributed by atoms with Crippen LogP contribution < -0.4 is 0 Å². The zero-order valence-corrected chi connectivity index (χ0v) is 15.9. The SMILES string of the molecule is Fc1c(F)c2ccc3ccc4ccccc4c3c2c2c1ccc1cc(Cl)ccc12. The standard InChI is InChI=1S/C26H13ClF2/c27-17-9-12-19-16(13-17)8-11-20-23(19)24-21(26(29)25(20)28)10-7-15-6-5-14-3-1-2-4-18(14)22(15)24/h1-13H. The van der Waals surface area contributed by atoms with Crippen molar-refractivity contribution >= 4 is 65.5 Å². The first-order valence-electron chi connectivity index (χ1n) is 9.36. The van der Waals surface area contributed by atoms with Crippen molar-refractivity contribution in [3.05, 3.63) is 95.5 Å². The quantitative estimate of drug-likeness (QED) is 0.225. The van der Waals surface area contributed by atoms with Gasteiger partial charge in [-0.3, -0.25) is 0 Å². The molecule has 0 amide bonds. The van der Waals surface area contributed by atoms with Crippen molar-refractivity contribution in [3.63, 3.8) is 0 Å². The summed E-state index contributed by atoms with van der Waals surface area (Å²) in [6.45, 7) is 0. The molecule has 0 spiro atoms. The molecule has 6 aromatic rings. The first-order valence-corrected chi connectivity index (χ1v) is 9.74. The van der Waals surface area contributed by atoms with Gasteiger partial charge in [0.15, 0.2) is 11.6 Å². The molecule has 0 bridgehead atoms. The Morgan fingerprint density at radius 3 is 1.90 bits per heavy atom. The fourth-order valence-electron chi connectivity index (χ4n) is 4.53. The molecule has 0 aromatic heterocycles. The molecule has 0 saturated heterocycles. The Morgan fingerprint density at radius 2 is 1.07 bits per heavy atom. The maximum Gasteiger partial charge on any atom is 0.167 e. The number of halogens is 3. The van der Waals surface area contributed by atoms with Crippen LogP contribution in [0.15, 0.2) is 78.9 Å². The number of fused-ring (bicyclic) bond motifs is 9. The molecule has 0 aliphatic carbocycles. The highest BCUT2D eigenvalue weighted by Crippen LogP contribution is 2.42. The molecule has 0 heterocycles. The molecule has 29 heavy (non-hydrogen) atoms. The van der Waals surface area contributed by atoms with E-state index >= 15 is 8.78 Å². The molecule has 0 unspecified atom stereocenters. The van der Waals surface area contributed by atoms with Crippen LogP contribution in [-0.2, 0) is 0 Å². The largest absolute Gasteiger partial charge is 0.203 e. The van der Waals surface area contributed by atoms with Crippen molar-refractivity contribution in [2.75, 3.05) is 0 Å². The fraction of sp³-hybridized carbons (Fsp3) is 0. The van der Waals surface area contributed by atoms with Crippen LogP contribution in [0.1, 0.15) is 0 Å². The molecular weight excluding hydrogens is 386 g/mol. The predicted molar refractivity (Wildman–Crippen MR) is 119 cm³/mol. The molecule has 0 radical (unpaired) electrons. The van der Waals surface area contributed by atoms with E-state index in [1.165, 1.54) is 0 Å². The summed E-state index contributed by atoms with van der Waals surface area (Å²) in [6.07, 6.45) is 0. The number of rotatable bonds is 0. The van der Waals surface area contributed by atoms with Crippen molar-refractivity contribution in [1.29, 1.82) is 0 Å². The van der Waals surface area contributed by atoms with Crippen molar-refractivity contribution < 1.29 is 8.78 Å². The third kappa shape index (κ3) is 2.24. The van der Waals surface area contributed by atoms with Gasteiger partial charge in [-0.15, -0.1) is 0 Å². The van der Waals surface area contributed by atoms with Crippen LogP contribution in [0.3, 0.4) is 0 Å². The second kappa shape index (κ2) is 5.88. The summed E-state index contributed by atoms with van der Waals surface area (Å²) in [6, 6.07) is 24.6. The van der Waals surface area contributed by atoms with Crippen LogP contribution >= 0.6 is 11.6 Å². The van der Waals surface area contributed by atoms with Crippen LogP contribution in [0.4, 0.5) is 8.78 Å². The molecule has 0 fully saturated rings. The predicted octanol–water partition coefficient (Wildman–Crippen LogP) is 8.38. The van der Waals surface area contributed by atoms with E-state index in [2.05, 4.69) is 6.07 Å². The van der Waals surface area contributed by atoms with E-state index in [4.69, 9.17) is 11.6 Å². The molecule has 0 aliphatic rings. The third-order valence-corrected chi connectivity index (χ3v) is 6.04. The van der Waals surface area contributed by atoms with Crippen molar-refractivity contribution in [2.45, 2.75) is 0 Å². The summed E-state index contributed by atoms with van der Waals surface area (Å²) in [5.41, 5.74) is 0. The Balaban J connectivity index is 2.04. The van der Waals surface area contributed by atoms with Gasteiger partial charge in [0.2, 0.25) is 0 Å². The molecule has 138 valence electrons. The first-order chi connectivity index (χ1) is 14.1. The van der Waals surface area contributed by atoms with Crippen LogP contribution in [0.5, 0.6) is 0 Å². The van der Waals surface area contributed by atoms with E-state index in [0.29, 0.717) is 10.4 Å². The van der Waals surface area contributed by atoms with E-state index in [1.54, 1.807) is 24.3 Å². The average molecular weight is 399 g/mol. The van der Waals surface area contributed by atoms with Crippen LogP contribution in [0, 0.1) is 11.6 Å². The lowest BCUT2D eigenvalue weighted by Crippen LogP contribution is -1.93. The first kappa shape index (κ1) is 16.7. The Bertz CT molecular complexity index is 1630. The molecule has 3 heteroatoms. The maximum absolute atomic E-state index is 15.1. The molecule has 0 aliphatic heterocycles. The van der Waals surface area contributed by atoms with E-state index in [1.807, 2.05) is 48.5 Å². The molecule has 0 saturated carbocycles. The molecule has 6 aromatic carbocycles. The van der Waals surface area contributed by atoms with E-state index in [-0.39, 0.29) is 5.39 Å². The lowest BCUT2D eigenvalue weighted by atomic mass is 9.90. The Morgan fingerprint density at radius 1 is 0.483 bits per heavy atom. The minimum Gasteiger partial charge on any atom is -0.203 e. The topological polar surface area (TPSA) is 0 Å². The highest BCUT2D eigenvalue weighted by Gasteiger charge is 2.19. The maximum atomic E-state index is 15.1. The van der Waals surface area contributed by atoms with Gasteiger partial charge in [-0.25, -0.2) is 8.78 Å². The van der Waals surface area contributed by atoms with Crippen LogP contribution in [0.25, 0.3) is 53.9 Å². The van der Waals surface area contributed by atoms with Gasteiger partial charge in [0.1, 0.15) is 0 Å². The lowest BCUT2D eigenvalue weighted by Gasteiger charge is -2.14. The highest BCUT2D eigenvalue weighted by atomic mass is 35.5. The summed E-state index contributed by atoms with van der Waals surface area (Å²) in [5, 5.41) is 8.41. The minimum absolute atomic E-state index is 0.283. The van der Waals surface area contributed by atoms with E-state index in [9.17, 15) is 0 Å². The zero-order valence-electron chi connectivity index (χ0n) is 15.1. The van der Waals surface area contributed by atoms with Gasteiger partial charge < -0.3 is 0 Å². The summed E-state index contributed by atoms with van der Waals surface area (Å²) < 4.78 is 30.2. The van der Waals surface area contributed by atoms with Gasteiger partial charge in [0.25, 0.3) is 0 Å². The monoisotopic (exact) mass is 398 g/mol. The summed E-state index contributed by atoms with van der Waals surface area (Å²) in [7, 11) is 0.